The third-order valence-electron chi connectivity index (χ3n) is 2.59. The SMILES string of the molecule is COc1ccc(-c2ccnc(C)c2N)cc1. The van der Waals surface area contributed by atoms with Gasteiger partial charge in [0, 0.05) is 11.8 Å². The predicted molar refractivity (Wildman–Crippen MR) is 65.4 cm³/mol. The van der Waals surface area contributed by atoms with Crippen LogP contribution in [0.25, 0.3) is 11.1 Å². The van der Waals surface area contributed by atoms with Gasteiger partial charge in [0.15, 0.2) is 0 Å². The van der Waals surface area contributed by atoms with Crippen LogP contribution in [-0.2, 0) is 0 Å². The summed E-state index contributed by atoms with van der Waals surface area (Å²) >= 11 is 0. The zero-order valence-electron chi connectivity index (χ0n) is 9.40. The number of hydrogen-bond donors (Lipinski definition) is 1. The van der Waals surface area contributed by atoms with Crippen LogP contribution in [0, 0.1) is 6.92 Å². The highest BCUT2D eigenvalue weighted by Crippen LogP contribution is 2.28. The Labute approximate surface area is 94.9 Å². The quantitative estimate of drug-likeness (QED) is 0.836. The molecule has 0 radical (unpaired) electrons. The monoisotopic (exact) mass is 214 g/mol. The third kappa shape index (κ3) is 1.84. The number of benzene rings is 1. The Morgan fingerprint density at radius 3 is 2.44 bits per heavy atom. The lowest BCUT2D eigenvalue weighted by Gasteiger charge is -2.08. The van der Waals surface area contributed by atoms with E-state index in [2.05, 4.69) is 4.98 Å². The Kier molecular flexibility index (Phi) is 2.77. The molecule has 0 saturated heterocycles. The van der Waals surface area contributed by atoms with Crippen LogP contribution in [0.2, 0.25) is 0 Å². The minimum Gasteiger partial charge on any atom is -0.497 e. The highest BCUT2D eigenvalue weighted by molar-refractivity contribution is 5.77. The minimum absolute atomic E-state index is 0.729. The van der Waals surface area contributed by atoms with Crippen molar-refractivity contribution < 1.29 is 4.74 Å². The number of ether oxygens (including phenoxy) is 1. The number of aryl methyl sites for hydroxylation is 1. The molecule has 0 atom stereocenters. The Morgan fingerprint density at radius 2 is 1.81 bits per heavy atom. The first-order valence-electron chi connectivity index (χ1n) is 5.08. The highest BCUT2D eigenvalue weighted by Gasteiger charge is 2.05. The normalized spacial score (nSPS) is 10.1. The first kappa shape index (κ1) is 10.5. The number of nitrogen functional groups attached to an aromatic ring is 1. The van der Waals surface area contributed by atoms with Gasteiger partial charge in [0.05, 0.1) is 18.5 Å². The second-order valence-corrected chi connectivity index (χ2v) is 3.59. The molecular formula is C13H14N2O. The van der Waals surface area contributed by atoms with E-state index in [0.717, 1.165) is 28.3 Å². The molecule has 1 aromatic heterocycles. The van der Waals surface area contributed by atoms with Crippen molar-refractivity contribution in [2.24, 2.45) is 0 Å². The maximum absolute atomic E-state index is 5.99. The van der Waals surface area contributed by atoms with Crippen LogP contribution >= 0.6 is 0 Å². The van der Waals surface area contributed by atoms with Crippen molar-refractivity contribution in [3.63, 3.8) is 0 Å². The van der Waals surface area contributed by atoms with Gasteiger partial charge in [-0.15, -0.1) is 0 Å². The summed E-state index contributed by atoms with van der Waals surface area (Å²) in [5.41, 5.74) is 9.66. The van der Waals surface area contributed by atoms with Gasteiger partial charge in [-0.25, -0.2) is 0 Å². The number of aromatic nitrogens is 1. The van der Waals surface area contributed by atoms with E-state index in [9.17, 15) is 0 Å². The lowest BCUT2D eigenvalue weighted by atomic mass is 10.0. The van der Waals surface area contributed by atoms with E-state index in [-0.39, 0.29) is 0 Å². The molecule has 1 heterocycles. The van der Waals surface area contributed by atoms with Crippen LogP contribution in [0.1, 0.15) is 5.69 Å². The van der Waals surface area contributed by atoms with E-state index in [1.165, 1.54) is 0 Å². The molecule has 0 saturated carbocycles. The molecule has 1 aromatic carbocycles. The van der Waals surface area contributed by atoms with Crippen LogP contribution in [0.4, 0.5) is 5.69 Å². The second-order valence-electron chi connectivity index (χ2n) is 3.59. The van der Waals surface area contributed by atoms with E-state index >= 15 is 0 Å². The van der Waals surface area contributed by atoms with Crippen LogP contribution < -0.4 is 10.5 Å². The summed E-state index contributed by atoms with van der Waals surface area (Å²) in [5, 5.41) is 0. The van der Waals surface area contributed by atoms with Gasteiger partial charge in [0.2, 0.25) is 0 Å². The molecule has 0 amide bonds. The Bertz CT molecular complexity index is 492. The molecule has 0 unspecified atom stereocenters. The van der Waals surface area contributed by atoms with E-state index in [1.807, 2.05) is 37.3 Å². The van der Waals surface area contributed by atoms with Gasteiger partial charge in [0.25, 0.3) is 0 Å². The van der Waals surface area contributed by atoms with Crippen molar-refractivity contribution in [2.45, 2.75) is 6.92 Å². The minimum atomic E-state index is 0.729. The Morgan fingerprint density at radius 1 is 1.12 bits per heavy atom. The van der Waals surface area contributed by atoms with Crippen molar-refractivity contribution in [3.05, 3.63) is 42.2 Å². The summed E-state index contributed by atoms with van der Waals surface area (Å²) in [5.74, 6) is 0.841. The molecule has 0 fully saturated rings. The lowest BCUT2D eigenvalue weighted by molar-refractivity contribution is 0.415. The summed E-state index contributed by atoms with van der Waals surface area (Å²) in [7, 11) is 1.65. The Balaban J connectivity index is 2.46. The number of hydrogen-bond acceptors (Lipinski definition) is 3. The number of nitrogens with zero attached hydrogens (tertiary/aromatic N) is 1. The first-order valence-corrected chi connectivity index (χ1v) is 5.08. The van der Waals surface area contributed by atoms with Crippen molar-refractivity contribution in [2.75, 3.05) is 12.8 Å². The molecule has 0 bridgehead atoms. The van der Waals surface area contributed by atoms with E-state index in [4.69, 9.17) is 10.5 Å². The largest absolute Gasteiger partial charge is 0.497 e. The summed E-state index contributed by atoms with van der Waals surface area (Å²) < 4.78 is 5.12. The topological polar surface area (TPSA) is 48.1 Å². The highest BCUT2D eigenvalue weighted by atomic mass is 16.5. The van der Waals surface area contributed by atoms with Gasteiger partial charge in [0.1, 0.15) is 5.75 Å². The van der Waals surface area contributed by atoms with Crippen molar-refractivity contribution >= 4 is 5.69 Å². The zero-order chi connectivity index (χ0) is 11.5. The molecule has 0 aliphatic carbocycles. The molecule has 0 aliphatic rings. The lowest BCUT2D eigenvalue weighted by Crippen LogP contribution is -1.95. The summed E-state index contributed by atoms with van der Waals surface area (Å²) in [4.78, 5) is 4.15. The zero-order valence-corrected chi connectivity index (χ0v) is 9.40. The van der Waals surface area contributed by atoms with Gasteiger partial charge in [-0.1, -0.05) is 12.1 Å². The van der Waals surface area contributed by atoms with E-state index in [1.54, 1.807) is 13.3 Å². The molecule has 2 aromatic rings. The molecule has 0 spiro atoms. The molecule has 16 heavy (non-hydrogen) atoms. The second kappa shape index (κ2) is 4.23. The fraction of sp³-hybridized carbons (Fsp3) is 0.154. The summed E-state index contributed by atoms with van der Waals surface area (Å²) in [6, 6.07) is 9.74. The molecule has 0 aliphatic heterocycles. The maximum atomic E-state index is 5.99. The van der Waals surface area contributed by atoms with Crippen LogP contribution in [0.5, 0.6) is 5.75 Å². The maximum Gasteiger partial charge on any atom is 0.118 e. The van der Waals surface area contributed by atoms with Crippen LogP contribution in [-0.4, -0.2) is 12.1 Å². The molecule has 82 valence electrons. The standard InChI is InChI=1S/C13H14N2O/c1-9-13(14)12(7-8-15-9)10-3-5-11(16-2)6-4-10/h3-8H,14H2,1-2H3. The Hall–Kier alpha value is -2.03. The summed E-state index contributed by atoms with van der Waals surface area (Å²) in [6.45, 7) is 1.91. The van der Waals surface area contributed by atoms with Gasteiger partial charge >= 0.3 is 0 Å². The van der Waals surface area contributed by atoms with Crippen LogP contribution in [0.15, 0.2) is 36.5 Å². The molecule has 2 rings (SSSR count). The average molecular weight is 214 g/mol. The van der Waals surface area contributed by atoms with Gasteiger partial charge in [-0.05, 0) is 30.7 Å². The smallest absolute Gasteiger partial charge is 0.118 e. The number of rotatable bonds is 2. The van der Waals surface area contributed by atoms with Crippen molar-refractivity contribution in [1.82, 2.24) is 4.98 Å². The van der Waals surface area contributed by atoms with Gasteiger partial charge < -0.3 is 10.5 Å². The number of pyridine rings is 1. The van der Waals surface area contributed by atoms with E-state index in [0.29, 0.717) is 0 Å². The predicted octanol–water partition coefficient (Wildman–Crippen LogP) is 2.65. The van der Waals surface area contributed by atoms with Gasteiger partial charge in [-0.3, -0.25) is 4.98 Å². The van der Waals surface area contributed by atoms with Gasteiger partial charge in [-0.2, -0.15) is 0 Å². The van der Waals surface area contributed by atoms with Crippen molar-refractivity contribution in [3.8, 4) is 16.9 Å². The number of anilines is 1. The number of methoxy groups -OCH3 is 1. The van der Waals surface area contributed by atoms with Crippen molar-refractivity contribution in [1.29, 1.82) is 0 Å². The third-order valence-corrected chi connectivity index (χ3v) is 2.59. The molecule has 3 nitrogen and oxygen atoms in total. The fourth-order valence-electron chi connectivity index (χ4n) is 1.60. The molecule has 2 N–H and O–H groups in total. The molecular weight excluding hydrogens is 200 g/mol. The fourth-order valence-corrected chi connectivity index (χ4v) is 1.60. The first-order chi connectivity index (χ1) is 7.72. The average Bonchev–Trinajstić information content (AvgIpc) is 2.33. The number of nitrogens with two attached hydrogens (primary N) is 1. The molecule has 3 heteroatoms. The summed E-state index contributed by atoms with van der Waals surface area (Å²) in [6.07, 6.45) is 1.77. The van der Waals surface area contributed by atoms with Crippen LogP contribution in [0.3, 0.4) is 0 Å². The van der Waals surface area contributed by atoms with E-state index < -0.39 is 0 Å².